The molecule has 0 saturated heterocycles. The molecule has 30 heavy (non-hydrogen) atoms. The number of anilines is 2. The SMILES string of the molecule is C=N/C(=C\C(=C)C#N)Nc1cc(NCCc2c(C)[nH]c3c(F)ccc(C)c23)ncn1. The van der Waals surface area contributed by atoms with E-state index in [1.807, 2.05) is 19.9 Å². The molecule has 0 aliphatic heterocycles. The summed E-state index contributed by atoms with van der Waals surface area (Å²) < 4.78 is 14.1. The van der Waals surface area contributed by atoms with Gasteiger partial charge >= 0.3 is 0 Å². The molecule has 0 bridgehead atoms. The molecule has 0 spiro atoms. The lowest BCUT2D eigenvalue weighted by atomic mass is 10.0. The smallest absolute Gasteiger partial charge is 0.147 e. The summed E-state index contributed by atoms with van der Waals surface area (Å²) in [5.41, 5.74) is 3.87. The molecule has 3 N–H and O–H groups in total. The number of aromatic amines is 1. The van der Waals surface area contributed by atoms with Gasteiger partial charge in [0.05, 0.1) is 11.6 Å². The minimum atomic E-state index is -0.247. The van der Waals surface area contributed by atoms with E-state index in [0.29, 0.717) is 35.9 Å². The molecule has 3 aromatic rings. The number of aryl methyl sites for hydroxylation is 2. The van der Waals surface area contributed by atoms with E-state index in [4.69, 9.17) is 5.26 Å². The fourth-order valence-electron chi connectivity index (χ4n) is 3.24. The lowest BCUT2D eigenvalue weighted by Gasteiger charge is -2.09. The van der Waals surface area contributed by atoms with Crippen LogP contribution in [-0.4, -0.2) is 28.2 Å². The lowest BCUT2D eigenvalue weighted by Crippen LogP contribution is -2.08. The summed E-state index contributed by atoms with van der Waals surface area (Å²) in [6.45, 7) is 11.6. The fraction of sp³-hybridized carbons (Fsp3) is 0.182. The summed E-state index contributed by atoms with van der Waals surface area (Å²) in [6.07, 6.45) is 3.59. The summed E-state index contributed by atoms with van der Waals surface area (Å²) in [7, 11) is 0. The maximum Gasteiger partial charge on any atom is 0.147 e. The van der Waals surface area contributed by atoms with Crippen LogP contribution >= 0.6 is 0 Å². The Morgan fingerprint density at radius 1 is 1.33 bits per heavy atom. The highest BCUT2D eigenvalue weighted by Crippen LogP contribution is 2.28. The van der Waals surface area contributed by atoms with Crippen LogP contribution in [0.25, 0.3) is 10.9 Å². The Labute approximate surface area is 174 Å². The molecule has 8 heteroatoms. The van der Waals surface area contributed by atoms with E-state index in [9.17, 15) is 4.39 Å². The average Bonchev–Trinajstić information content (AvgIpc) is 3.08. The van der Waals surface area contributed by atoms with Crippen LogP contribution in [0.2, 0.25) is 0 Å². The van der Waals surface area contributed by atoms with Gasteiger partial charge < -0.3 is 15.6 Å². The van der Waals surface area contributed by atoms with Crippen LogP contribution < -0.4 is 10.6 Å². The first-order valence-electron chi connectivity index (χ1n) is 9.29. The normalized spacial score (nSPS) is 11.2. The predicted octanol–water partition coefficient (Wildman–Crippen LogP) is 4.40. The highest BCUT2D eigenvalue weighted by atomic mass is 19.1. The second-order valence-corrected chi connectivity index (χ2v) is 6.76. The zero-order chi connectivity index (χ0) is 21.7. The molecular weight excluding hydrogens is 381 g/mol. The molecule has 0 amide bonds. The van der Waals surface area contributed by atoms with Gasteiger partial charge in [0, 0.05) is 29.3 Å². The molecule has 0 atom stereocenters. The van der Waals surface area contributed by atoms with Gasteiger partial charge in [0.2, 0.25) is 0 Å². The Hall–Kier alpha value is -3.99. The number of hydrogen-bond acceptors (Lipinski definition) is 6. The highest BCUT2D eigenvalue weighted by molar-refractivity contribution is 5.88. The average molecular weight is 403 g/mol. The standard InChI is InChI=1S/C22H22FN7/c1-13(11-24)9-18(25-4)30-20-10-19(27-12-28-20)26-8-7-16-15(3)29-22-17(23)6-5-14(2)21(16)22/h5-6,9-10,12,29H,1,4,7-8H2,2-3H3,(H2,26,27,28,30)/b18-9+. The lowest BCUT2D eigenvalue weighted by molar-refractivity contribution is 0.637. The van der Waals surface area contributed by atoms with Crippen molar-refractivity contribution in [2.75, 3.05) is 17.2 Å². The number of fused-ring (bicyclic) bond motifs is 1. The molecule has 3 rings (SSSR count). The van der Waals surface area contributed by atoms with Crippen molar-refractivity contribution in [2.45, 2.75) is 20.3 Å². The Bertz CT molecular complexity index is 1180. The zero-order valence-corrected chi connectivity index (χ0v) is 16.9. The number of nitrogens with zero attached hydrogens (tertiary/aromatic N) is 4. The topological polar surface area (TPSA) is 102 Å². The van der Waals surface area contributed by atoms with Gasteiger partial charge in [-0.3, -0.25) is 0 Å². The van der Waals surface area contributed by atoms with E-state index in [0.717, 1.165) is 22.2 Å². The molecule has 152 valence electrons. The van der Waals surface area contributed by atoms with Gasteiger partial charge in [0.25, 0.3) is 0 Å². The van der Waals surface area contributed by atoms with Gasteiger partial charge in [-0.15, -0.1) is 0 Å². The molecule has 0 unspecified atom stereocenters. The van der Waals surface area contributed by atoms with Crippen molar-refractivity contribution in [1.29, 1.82) is 5.26 Å². The van der Waals surface area contributed by atoms with Crippen molar-refractivity contribution in [1.82, 2.24) is 15.0 Å². The Balaban J connectivity index is 1.71. The minimum absolute atomic E-state index is 0.247. The van der Waals surface area contributed by atoms with Crippen molar-refractivity contribution in [3.63, 3.8) is 0 Å². The number of aromatic nitrogens is 3. The zero-order valence-electron chi connectivity index (χ0n) is 16.9. The molecular formula is C22H22FN7. The first kappa shape index (κ1) is 20.7. The fourth-order valence-corrected chi connectivity index (χ4v) is 3.24. The van der Waals surface area contributed by atoms with Crippen LogP contribution in [0.15, 0.2) is 53.6 Å². The van der Waals surface area contributed by atoms with Crippen LogP contribution in [0.4, 0.5) is 16.0 Å². The van der Waals surface area contributed by atoms with Crippen molar-refractivity contribution in [3.05, 3.63) is 71.2 Å². The maximum absolute atomic E-state index is 14.1. The third-order valence-corrected chi connectivity index (χ3v) is 4.66. The van der Waals surface area contributed by atoms with Gasteiger partial charge in [-0.2, -0.15) is 5.26 Å². The Kier molecular flexibility index (Phi) is 6.23. The summed E-state index contributed by atoms with van der Waals surface area (Å²) in [5.74, 6) is 1.23. The number of nitrogens with one attached hydrogen (secondary N) is 3. The number of nitriles is 1. The quantitative estimate of drug-likeness (QED) is 0.294. The van der Waals surface area contributed by atoms with Gasteiger partial charge in [0.15, 0.2) is 0 Å². The third-order valence-electron chi connectivity index (χ3n) is 4.66. The number of H-pyrrole nitrogens is 1. The molecule has 0 aliphatic carbocycles. The molecule has 0 saturated carbocycles. The van der Waals surface area contributed by atoms with E-state index in [1.165, 1.54) is 18.5 Å². The monoisotopic (exact) mass is 403 g/mol. The first-order valence-corrected chi connectivity index (χ1v) is 9.29. The summed E-state index contributed by atoms with van der Waals surface area (Å²) in [4.78, 5) is 15.3. The van der Waals surface area contributed by atoms with Crippen molar-refractivity contribution >= 4 is 29.3 Å². The number of allylic oxidation sites excluding steroid dienone is 2. The van der Waals surface area contributed by atoms with Gasteiger partial charge in [-0.1, -0.05) is 12.6 Å². The molecule has 2 aromatic heterocycles. The molecule has 7 nitrogen and oxygen atoms in total. The van der Waals surface area contributed by atoms with E-state index in [1.54, 1.807) is 12.1 Å². The Morgan fingerprint density at radius 2 is 2.10 bits per heavy atom. The molecule has 0 radical (unpaired) electrons. The van der Waals surface area contributed by atoms with Gasteiger partial charge in [0.1, 0.15) is 29.6 Å². The number of rotatable bonds is 8. The molecule has 0 fully saturated rings. The van der Waals surface area contributed by atoms with E-state index >= 15 is 0 Å². The van der Waals surface area contributed by atoms with Crippen LogP contribution in [0.1, 0.15) is 16.8 Å². The number of halogens is 1. The van der Waals surface area contributed by atoms with Gasteiger partial charge in [-0.25, -0.2) is 19.4 Å². The third kappa shape index (κ3) is 4.52. The van der Waals surface area contributed by atoms with E-state index < -0.39 is 0 Å². The van der Waals surface area contributed by atoms with Crippen LogP contribution in [-0.2, 0) is 6.42 Å². The minimum Gasteiger partial charge on any atom is -0.370 e. The highest BCUT2D eigenvalue weighted by Gasteiger charge is 2.13. The van der Waals surface area contributed by atoms with Crippen LogP contribution in [0, 0.1) is 31.0 Å². The van der Waals surface area contributed by atoms with Crippen LogP contribution in [0.5, 0.6) is 0 Å². The summed E-state index contributed by atoms with van der Waals surface area (Å²) in [6, 6.07) is 6.93. The first-order chi connectivity index (χ1) is 14.4. The number of benzene rings is 1. The number of aliphatic imine (C=N–C) groups is 1. The maximum atomic E-state index is 14.1. The molecule has 2 heterocycles. The van der Waals surface area contributed by atoms with E-state index in [-0.39, 0.29) is 11.4 Å². The molecule has 0 aliphatic rings. The van der Waals surface area contributed by atoms with Crippen LogP contribution in [0.3, 0.4) is 0 Å². The summed E-state index contributed by atoms with van der Waals surface area (Å²) >= 11 is 0. The summed E-state index contributed by atoms with van der Waals surface area (Å²) in [5, 5.41) is 16.0. The second-order valence-electron chi connectivity index (χ2n) is 6.76. The van der Waals surface area contributed by atoms with Crippen molar-refractivity contribution in [2.24, 2.45) is 4.99 Å². The number of hydrogen-bond donors (Lipinski definition) is 3. The second kappa shape index (κ2) is 9.01. The Morgan fingerprint density at radius 3 is 2.83 bits per heavy atom. The van der Waals surface area contributed by atoms with E-state index in [2.05, 4.69) is 43.9 Å². The van der Waals surface area contributed by atoms with Gasteiger partial charge in [-0.05, 0) is 50.3 Å². The van der Waals surface area contributed by atoms with Crippen molar-refractivity contribution < 1.29 is 4.39 Å². The predicted molar refractivity (Wildman–Crippen MR) is 118 cm³/mol. The largest absolute Gasteiger partial charge is 0.370 e. The van der Waals surface area contributed by atoms with Crippen molar-refractivity contribution in [3.8, 4) is 6.07 Å². The molecule has 1 aromatic carbocycles.